The van der Waals surface area contributed by atoms with Gasteiger partial charge in [0.15, 0.2) is 5.76 Å². The van der Waals surface area contributed by atoms with Gasteiger partial charge in [0.05, 0.1) is 0 Å². The Hall–Kier alpha value is -2.01. The highest BCUT2D eigenvalue weighted by molar-refractivity contribution is 5.96. The quantitative estimate of drug-likeness (QED) is 0.838. The first kappa shape index (κ1) is 13.0. The molecule has 20 heavy (non-hydrogen) atoms. The Kier molecular flexibility index (Phi) is 3.60. The van der Waals surface area contributed by atoms with Crippen LogP contribution in [0.3, 0.4) is 0 Å². The van der Waals surface area contributed by atoms with Crippen LogP contribution in [0.5, 0.6) is 0 Å². The smallest absolute Gasteiger partial charge is 0.287 e. The molecule has 5 heteroatoms. The van der Waals surface area contributed by atoms with Gasteiger partial charge in [0.2, 0.25) is 0 Å². The maximum absolute atomic E-state index is 12.0. The number of hydrogen-bond acceptors (Lipinski definition) is 4. The number of nitrogens with two attached hydrogens (primary N) is 1. The van der Waals surface area contributed by atoms with Crippen LogP contribution in [0, 0.1) is 5.92 Å². The fourth-order valence-corrected chi connectivity index (χ4v) is 2.46. The molecular weight excluding hydrogens is 256 g/mol. The van der Waals surface area contributed by atoms with Crippen molar-refractivity contribution in [2.75, 3.05) is 25.5 Å². The highest BCUT2D eigenvalue weighted by Crippen LogP contribution is 2.21. The molecular formula is C15H18N2O3. The lowest BCUT2D eigenvalue weighted by molar-refractivity contribution is 0.0925. The largest absolute Gasteiger partial charge is 0.451 e. The van der Waals surface area contributed by atoms with Gasteiger partial charge in [-0.15, -0.1) is 0 Å². The van der Waals surface area contributed by atoms with E-state index < -0.39 is 0 Å². The average molecular weight is 274 g/mol. The summed E-state index contributed by atoms with van der Waals surface area (Å²) in [7, 11) is 0. The van der Waals surface area contributed by atoms with Crippen molar-refractivity contribution >= 4 is 22.6 Å². The summed E-state index contributed by atoms with van der Waals surface area (Å²) in [4.78, 5) is 12.0. The monoisotopic (exact) mass is 274 g/mol. The van der Waals surface area contributed by atoms with E-state index in [1.54, 1.807) is 24.3 Å². The Bertz CT molecular complexity index is 615. The van der Waals surface area contributed by atoms with Gasteiger partial charge < -0.3 is 20.2 Å². The molecule has 0 saturated carbocycles. The number of carbonyl (C=O) groups excluding carboxylic acids is 1. The predicted octanol–water partition coefficient (Wildman–Crippen LogP) is 2.17. The van der Waals surface area contributed by atoms with Crippen LogP contribution in [-0.4, -0.2) is 25.7 Å². The molecule has 1 saturated heterocycles. The van der Waals surface area contributed by atoms with Crippen LogP contribution in [-0.2, 0) is 4.74 Å². The van der Waals surface area contributed by atoms with Gasteiger partial charge in [0.25, 0.3) is 5.91 Å². The summed E-state index contributed by atoms with van der Waals surface area (Å²) in [6.45, 7) is 2.29. The number of benzene rings is 1. The summed E-state index contributed by atoms with van der Waals surface area (Å²) in [6, 6.07) is 7.05. The number of fused-ring (bicyclic) bond motifs is 1. The number of furan rings is 1. The second-order valence-corrected chi connectivity index (χ2v) is 5.18. The molecule has 1 aromatic carbocycles. The van der Waals surface area contributed by atoms with Crippen LogP contribution >= 0.6 is 0 Å². The number of amides is 1. The lowest BCUT2D eigenvalue weighted by Gasteiger charge is -2.07. The minimum absolute atomic E-state index is 0.182. The maximum Gasteiger partial charge on any atom is 0.287 e. The first-order valence-electron chi connectivity index (χ1n) is 6.87. The molecule has 1 amide bonds. The second kappa shape index (κ2) is 5.54. The van der Waals surface area contributed by atoms with Gasteiger partial charge in [-0.3, -0.25) is 4.79 Å². The van der Waals surface area contributed by atoms with Gasteiger partial charge in [-0.05, 0) is 43.0 Å². The van der Waals surface area contributed by atoms with E-state index in [4.69, 9.17) is 14.9 Å². The summed E-state index contributed by atoms with van der Waals surface area (Å²) in [5.74, 6) is 0.706. The molecule has 0 bridgehead atoms. The van der Waals surface area contributed by atoms with Crippen LogP contribution in [0.25, 0.3) is 11.0 Å². The highest BCUT2D eigenvalue weighted by atomic mass is 16.5. The van der Waals surface area contributed by atoms with Crippen LogP contribution in [0.1, 0.15) is 23.4 Å². The summed E-state index contributed by atoms with van der Waals surface area (Å²) in [5, 5.41) is 3.73. The van der Waals surface area contributed by atoms with Crippen molar-refractivity contribution < 1.29 is 13.9 Å². The van der Waals surface area contributed by atoms with Gasteiger partial charge in [-0.2, -0.15) is 0 Å². The third-order valence-corrected chi connectivity index (χ3v) is 3.63. The Morgan fingerprint density at radius 1 is 1.40 bits per heavy atom. The molecule has 1 aliphatic rings. The number of nitrogen functional groups attached to an aromatic ring is 1. The zero-order chi connectivity index (χ0) is 13.9. The van der Waals surface area contributed by atoms with Gasteiger partial charge in [-0.1, -0.05) is 0 Å². The molecule has 0 radical (unpaired) electrons. The van der Waals surface area contributed by atoms with E-state index in [2.05, 4.69) is 5.32 Å². The average Bonchev–Trinajstić information content (AvgIpc) is 3.06. The van der Waals surface area contributed by atoms with Crippen molar-refractivity contribution in [3.05, 3.63) is 30.0 Å². The van der Waals surface area contributed by atoms with E-state index in [1.165, 1.54) is 0 Å². The second-order valence-electron chi connectivity index (χ2n) is 5.18. The molecule has 1 fully saturated rings. The number of carbonyl (C=O) groups is 1. The lowest BCUT2D eigenvalue weighted by Crippen LogP contribution is -2.25. The molecule has 1 atom stereocenters. The fraction of sp³-hybridized carbons (Fsp3) is 0.400. The topological polar surface area (TPSA) is 77.5 Å². The van der Waals surface area contributed by atoms with E-state index in [-0.39, 0.29) is 5.91 Å². The molecule has 2 aromatic rings. The molecule has 2 heterocycles. The summed E-state index contributed by atoms with van der Waals surface area (Å²) in [6.07, 6.45) is 2.03. The van der Waals surface area contributed by atoms with E-state index in [9.17, 15) is 4.79 Å². The fourth-order valence-electron chi connectivity index (χ4n) is 2.46. The highest BCUT2D eigenvalue weighted by Gasteiger charge is 2.16. The molecule has 3 N–H and O–H groups in total. The minimum Gasteiger partial charge on any atom is -0.451 e. The molecule has 1 unspecified atom stereocenters. The van der Waals surface area contributed by atoms with Crippen molar-refractivity contribution in [3.8, 4) is 0 Å². The number of ether oxygens (including phenoxy) is 1. The summed E-state index contributed by atoms with van der Waals surface area (Å²) >= 11 is 0. The Morgan fingerprint density at radius 2 is 2.30 bits per heavy atom. The van der Waals surface area contributed by atoms with Crippen LogP contribution in [0.4, 0.5) is 5.69 Å². The standard InChI is InChI=1S/C15H18N2O3/c16-12-1-2-13-11(7-12)8-14(20-13)15(18)17-5-3-10-4-6-19-9-10/h1-2,7-8,10H,3-6,9,16H2,(H,17,18). The number of anilines is 1. The molecule has 0 aliphatic carbocycles. The van der Waals surface area contributed by atoms with Crippen molar-refractivity contribution in [1.29, 1.82) is 0 Å². The molecule has 0 spiro atoms. The molecule has 106 valence electrons. The lowest BCUT2D eigenvalue weighted by atomic mass is 10.1. The van der Waals surface area contributed by atoms with Gasteiger partial charge in [0.1, 0.15) is 5.58 Å². The van der Waals surface area contributed by atoms with E-state index >= 15 is 0 Å². The van der Waals surface area contributed by atoms with Crippen molar-refractivity contribution in [1.82, 2.24) is 5.32 Å². The Balaban J connectivity index is 1.60. The zero-order valence-electron chi connectivity index (χ0n) is 11.2. The SMILES string of the molecule is Nc1ccc2oc(C(=O)NCCC3CCOC3)cc2c1. The maximum atomic E-state index is 12.0. The van der Waals surface area contributed by atoms with Crippen molar-refractivity contribution in [3.63, 3.8) is 0 Å². The first-order chi connectivity index (χ1) is 9.72. The molecule has 1 aromatic heterocycles. The van der Waals surface area contributed by atoms with Crippen LogP contribution in [0.15, 0.2) is 28.7 Å². The zero-order valence-corrected chi connectivity index (χ0v) is 11.2. The van der Waals surface area contributed by atoms with Gasteiger partial charge >= 0.3 is 0 Å². The number of rotatable bonds is 4. The summed E-state index contributed by atoms with van der Waals surface area (Å²) in [5.41, 5.74) is 7.04. The summed E-state index contributed by atoms with van der Waals surface area (Å²) < 4.78 is 10.8. The predicted molar refractivity (Wildman–Crippen MR) is 76.5 cm³/mol. The van der Waals surface area contributed by atoms with Crippen molar-refractivity contribution in [2.45, 2.75) is 12.8 Å². The minimum atomic E-state index is -0.182. The third kappa shape index (κ3) is 2.77. The molecule has 3 rings (SSSR count). The molecule has 5 nitrogen and oxygen atoms in total. The van der Waals surface area contributed by atoms with Crippen LogP contribution in [0.2, 0.25) is 0 Å². The number of hydrogen-bond donors (Lipinski definition) is 2. The molecule has 1 aliphatic heterocycles. The normalized spacial score (nSPS) is 18.5. The van der Waals surface area contributed by atoms with E-state index in [0.29, 0.717) is 29.5 Å². The van der Waals surface area contributed by atoms with Crippen LogP contribution < -0.4 is 11.1 Å². The Labute approximate surface area is 117 Å². The van der Waals surface area contributed by atoms with E-state index in [1.807, 2.05) is 0 Å². The van der Waals surface area contributed by atoms with E-state index in [0.717, 1.165) is 31.4 Å². The van der Waals surface area contributed by atoms with Gasteiger partial charge in [0, 0.05) is 30.8 Å². The third-order valence-electron chi connectivity index (χ3n) is 3.63. The van der Waals surface area contributed by atoms with Gasteiger partial charge in [-0.25, -0.2) is 0 Å². The number of nitrogens with one attached hydrogen (secondary N) is 1. The van der Waals surface area contributed by atoms with Crippen molar-refractivity contribution in [2.24, 2.45) is 5.92 Å². The Morgan fingerprint density at radius 3 is 3.10 bits per heavy atom. The first-order valence-corrected chi connectivity index (χ1v) is 6.87.